The van der Waals surface area contributed by atoms with E-state index in [2.05, 4.69) is 10.1 Å². The second kappa shape index (κ2) is 3.73. The topological polar surface area (TPSA) is 81.2 Å². The average molecular weight is 233 g/mol. The SMILES string of the molecule is O=C(O)C1CCc2nc(-c3ccco3)nn2C1. The van der Waals surface area contributed by atoms with Crippen LogP contribution in [0.25, 0.3) is 11.6 Å². The monoisotopic (exact) mass is 233 g/mol. The summed E-state index contributed by atoms with van der Waals surface area (Å²) in [5.74, 6) is 0.822. The summed E-state index contributed by atoms with van der Waals surface area (Å²) in [6.45, 7) is 0.387. The van der Waals surface area contributed by atoms with Crippen molar-refractivity contribution in [2.75, 3.05) is 0 Å². The lowest BCUT2D eigenvalue weighted by atomic mass is 10.0. The zero-order chi connectivity index (χ0) is 11.8. The largest absolute Gasteiger partial charge is 0.481 e. The van der Waals surface area contributed by atoms with Gasteiger partial charge in [-0.1, -0.05) is 0 Å². The number of carboxylic acids is 1. The summed E-state index contributed by atoms with van der Waals surface area (Å²) in [4.78, 5) is 15.3. The van der Waals surface area contributed by atoms with Crippen molar-refractivity contribution in [1.29, 1.82) is 0 Å². The van der Waals surface area contributed by atoms with E-state index in [9.17, 15) is 4.79 Å². The molecule has 6 nitrogen and oxygen atoms in total. The van der Waals surface area contributed by atoms with Gasteiger partial charge in [-0.05, 0) is 18.6 Å². The lowest BCUT2D eigenvalue weighted by Gasteiger charge is -2.18. The minimum absolute atomic E-state index is 0.367. The fourth-order valence-electron chi connectivity index (χ4n) is 2.02. The third-order valence-electron chi connectivity index (χ3n) is 2.95. The van der Waals surface area contributed by atoms with Crippen LogP contribution in [0, 0.1) is 5.92 Å². The number of aromatic nitrogens is 3. The van der Waals surface area contributed by atoms with Gasteiger partial charge in [0.1, 0.15) is 5.82 Å². The maximum absolute atomic E-state index is 10.9. The number of rotatable bonds is 2. The Morgan fingerprint density at radius 3 is 3.18 bits per heavy atom. The molecule has 17 heavy (non-hydrogen) atoms. The highest BCUT2D eigenvalue weighted by Gasteiger charge is 2.26. The number of fused-ring (bicyclic) bond motifs is 1. The Labute approximate surface area is 96.9 Å². The molecule has 3 rings (SSSR count). The van der Waals surface area contributed by atoms with Crippen LogP contribution in [-0.2, 0) is 17.8 Å². The quantitative estimate of drug-likeness (QED) is 0.842. The van der Waals surface area contributed by atoms with Crippen LogP contribution in [0.1, 0.15) is 12.2 Å². The lowest BCUT2D eigenvalue weighted by Crippen LogP contribution is -2.27. The van der Waals surface area contributed by atoms with Crippen molar-refractivity contribution < 1.29 is 14.3 Å². The molecule has 0 fully saturated rings. The molecular formula is C11H11N3O3. The molecular weight excluding hydrogens is 222 g/mol. The molecule has 0 radical (unpaired) electrons. The van der Waals surface area contributed by atoms with E-state index in [1.807, 2.05) is 0 Å². The second-order valence-electron chi connectivity index (χ2n) is 4.08. The molecule has 0 bridgehead atoms. The Kier molecular flexibility index (Phi) is 2.21. The number of hydrogen-bond acceptors (Lipinski definition) is 4. The lowest BCUT2D eigenvalue weighted by molar-refractivity contribution is -0.142. The molecule has 1 atom stereocenters. The summed E-state index contributed by atoms with van der Waals surface area (Å²) in [5.41, 5.74) is 0. The Morgan fingerprint density at radius 2 is 2.47 bits per heavy atom. The van der Waals surface area contributed by atoms with Gasteiger partial charge in [0.15, 0.2) is 5.76 Å². The molecule has 0 saturated heterocycles. The molecule has 1 aliphatic heterocycles. The first-order valence-electron chi connectivity index (χ1n) is 5.44. The van der Waals surface area contributed by atoms with E-state index in [0.717, 1.165) is 5.82 Å². The minimum Gasteiger partial charge on any atom is -0.481 e. The van der Waals surface area contributed by atoms with Crippen LogP contribution in [0.15, 0.2) is 22.8 Å². The van der Waals surface area contributed by atoms with Crippen molar-refractivity contribution >= 4 is 5.97 Å². The molecule has 1 unspecified atom stereocenters. The molecule has 1 N–H and O–H groups in total. The Balaban J connectivity index is 1.92. The van der Waals surface area contributed by atoms with Crippen LogP contribution < -0.4 is 0 Å². The Hall–Kier alpha value is -2.11. The van der Waals surface area contributed by atoms with Gasteiger partial charge in [0.2, 0.25) is 5.82 Å². The summed E-state index contributed by atoms with van der Waals surface area (Å²) >= 11 is 0. The van der Waals surface area contributed by atoms with E-state index >= 15 is 0 Å². The standard InChI is InChI=1S/C11H11N3O3/c15-11(16)7-3-4-9-12-10(13-14(9)6-7)8-2-1-5-17-8/h1-2,5,7H,3-4,6H2,(H,15,16). The molecule has 0 aliphatic carbocycles. The number of furan rings is 1. The number of aryl methyl sites for hydroxylation is 1. The molecule has 2 aromatic heterocycles. The molecule has 1 aliphatic rings. The van der Waals surface area contributed by atoms with E-state index in [0.29, 0.717) is 31.0 Å². The van der Waals surface area contributed by atoms with Crippen molar-refractivity contribution in [1.82, 2.24) is 14.8 Å². The van der Waals surface area contributed by atoms with Crippen LogP contribution in [0.3, 0.4) is 0 Å². The van der Waals surface area contributed by atoms with Gasteiger partial charge >= 0.3 is 5.97 Å². The molecule has 0 aromatic carbocycles. The van der Waals surface area contributed by atoms with Crippen molar-refractivity contribution in [2.45, 2.75) is 19.4 Å². The maximum Gasteiger partial charge on any atom is 0.308 e. The van der Waals surface area contributed by atoms with Crippen LogP contribution in [0.2, 0.25) is 0 Å². The predicted octanol–water partition coefficient (Wildman–Crippen LogP) is 1.19. The normalized spacial score (nSPS) is 18.9. The fourth-order valence-corrected chi connectivity index (χ4v) is 2.02. The van der Waals surface area contributed by atoms with E-state index in [1.54, 1.807) is 23.1 Å². The van der Waals surface area contributed by atoms with E-state index in [-0.39, 0.29) is 5.92 Å². The van der Waals surface area contributed by atoms with Gasteiger partial charge in [-0.2, -0.15) is 0 Å². The van der Waals surface area contributed by atoms with Crippen molar-refractivity contribution in [3.05, 3.63) is 24.2 Å². The maximum atomic E-state index is 10.9. The van der Waals surface area contributed by atoms with Crippen molar-refractivity contribution in [3.63, 3.8) is 0 Å². The first-order valence-corrected chi connectivity index (χ1v) is 5.44. The highest BCUT2D eigenvalue weighted by atomic mass is 16.4. The number of carbonyl (C=O) groups is 1. The van der Waals surface area contributed by atoms with Gasteiger partial charge in [0.25, 0.3) is 0 Å². The average Bonchev–Trinajstić information content (AvgIpc) is 2.96. The van der Waals surface area contributed by atoms with Gasteiger partial charge in [-0.25, -0.2) is 9.67 Å². The summed E-state index contributed by atoms with van der Waals surface area (Å²) in [6, 6.07) is 3.56. The molecule has 6 heteroatoms. The Morgan fingerprint density at radius 1 is 1.59 bits per heavy atom. The van der Waals surface area contributed by atoms with Gasteiger partial charge in [0.05, 0.1) is 18.7 Å². The smallest absolute Gasteiger partial charge is 0.308 e. The van der Waals surface area contributed by atoms with Gasteiger partial charge in [0, 0.05) is 6.42 Å². The first-order chi connectivity index (χ1) is 8.24. The van der Waals surface area contributed by atoms with Gasteiger partial charge < -0.3 is 9.52 Å². The number of hydrogen-bond donors (Lipinski definition) is 1. The fraction of sp³-hybridized carbons (Fsp3) is 0.364. The van der Waals surface area contributed by atoms with E-state index < -0.39 is 5.97 Å². The molecule has 88 valence electrons. The van der Waals surface area contributed by atoms with Crippen LogP contribution in [0.4, 0.5) is 0 Å². The third-order valence-corrected chi connectivity index (χ3v) is 2.95. The summed E-state index contributed by atoms with van der Waals surface area (Å²) in [5, 5.41) is 13.2. The van der Waals surface area contributed by atoms with Crippen molar-refractivity contribution in [2.24, 2.45) is 5.92 Å². The molecule has 0 spiro atoms. The van der Waals surface area contributed by atoms with Crippen LogP contribution >= 0.6 is 0 Å². The molecule has 2 aromatic rings. The first kappa shape index (κ1) is 10.1. The molecule has 0 saturated carbocycles. The van der Waals surface area contributed by atoms with Gasteiger partial charge in [-0.15, -0.1) is 5.10 Å². The zero-order valence-electron chi connectivity index (χ0n) is 9.04. The highest BCUT2D eigenvalue weighted by molar-refractivity contribution is 5.70. The Bertz CT molecular complexity index is 544. The highest BCUT2D eigenvalue weighted by Crippen LogP contribution is 2.22. The number of carboxylic acid groups (broad SMARTS) is 1. The van der Waals surface area contributed by atoms with E-state index in [4.69, 9.17) is 9.52 Å². The van der Waals surface area contributed by atoms with E-state index in [1.165, 1.54) is 0 Å². The number of nitrogens with zero attached hydrogens (tertiary/aromatic N) is 3. The summed E-state index contributed by atoms with van der Waals surface area (Å²) in [7, 11) is 0. The molecule has 0 amide bonds. The molecule has 3 heterocycles. The number of aliphatic carboxylic acids is 1. The predicted molar refractivity (Wildman–Crippen MR) is 57.2 cm³/mol. The second-order valence-corrected chi connectivity index (χ2v) is 4.08. The minimum atomic E-state index is -0.773. The third kappa shape index (κ3) is 1.71. The van der Waals surface area contributed by atoms with Crippen LogP contribution in [-0.4, -0.2) is 25.8 Å². The van der Waals surface area contributed by atoms with Crippen molar-refractivity contribution in [3.8, 4) is 11.6 Å². The summed E-state index contributed by atoms with van der Waals surface area (Å²) in [6.07, 6.45) is 2.83. The van der Waals surface area contributed by atoms with Gasteiger partial charge in [-0.3, -0.25) is 4.79 Å². The zero-order valence-corrected chi connectivity index (χ0v) is 9.04. The summed E-state index contributed by atoms with van der Waals surface area (Å²) < 4.78 is 6.88. The van der Waals surface area contributed by atoms with Crippen LogP contribution in [0.5, 0.6) is 0 Å².